The minimum atomic E-state index is 0.563. The third kappa shape index (κ3) is 2.20. The predicted molar refractivity (Wildman–Crippen MR) is 34.0 cm³/mol. The Labute approximate surface area is 48.2 Å². The molecule has 4 nitrogen and oxygen atoms in total. The van der Waals surface area contributed by atoms with Gasteiger partial charge in [-0.15, -0.1) is 0 Å². The Bertz CT molecular complexity index is 102. The molecule has 0 radical (unpaired) electrons. The van der Waals surface area contributed by atoms with Crippen molar-refractivity contribution in [3.05, 3.63) is 12.3 Å². The second-order valence-electron chi connectivity index (χ2n) is 1.11. The lowest BCUT2D eigenvalue weighted by Crippen LogP contribution is -2.28. The fourth-order valence-corrected chi connectivity index (χ4v) is 0.278. The number of aliphatic imine (C=N–C) groups is 1. The van der Waals surface area contributed by atoms with Crippen molar-refractivity contribution in [3.63, 3.8) is 0 Å². The van der Waals surface area contributed by atoms with Crippen molar-refractivity contribution >= 4 is 5.84 Å². The van der Waals surface area contributed by atoms with E-state index in [9.17, 15) is 0 Å². The summed E-state index contributed by atoms with van der Waals surface area (Å²) in [5.74, 6) is 5.54. The number of hydrazine groups is 1. The minimum absolute atomic E-state index is 0.563. The second-order valence-corrected chi connectivity index (χ2v) is 1.11. The van der Waals surface area contributed by atoms with Gasteiger partial charge in [0.1, 0.15) is 5.84 Å². The zero-order chi connectivity index (χ0) is 6.41. The van der Waals surface area contributed by atoms with Crippen molar-refractivity contribution in [3.8, 4) is 0 Å². The molecule has 0 fully saturated rings. The molecular formula is C4H10N4. The quantitative estimate of drug-likeness (QED) is 0.176. The number of nitrogens with one attached hydrogen (secondary N) is 1. The molecule has 4 heteroatoms. The van der Waals surface area contributed by atoms with E-state index >= 15 is 0 Å². The molecule has 0 spiro atoms. The van der Waals surface area contributed by atoms with E-state index in [0.29, 0.717) is 5.84 Å². The van der Waals surface area contributed by atoms with Gasteiger partial charge in [-0.05, 0) is 12.3 Å². The lowest BCUT2D eigenvalue weighted by molar-refractivity contribution is 1.02. The Kier molecular flexibility index (Phi) is 3.60. The van der Waals surface area contributed by atoms with Crippen molar-refractivity contribution in [2.75, 3.05) is 7.05 Å². The Morgan fingerprint density at radius 1 is 1.75 bits per heavy atom. The lowest BCUT2D eigenvalue weighted by atomic mass is 10.6. The molecule has 8 heavy (non-hydrogen) atoms. The van der Waals surface area contributed by atoms with Gasteiger partial charge in [0, 0.05) is 7.05 Å². The van der Waals surface area contributed by atoms with Gasteiger partial charge in [0.2, 0.25) is 0 Å². The molecule has 0 amide bonds. The third-order valence-electron chi connectivity index (χ3n) is 0.643. The molecule has 0 aromatic carbocycles. The van der Waals surface area contributed by atoms with Crippen LogP contribution in [0.2, 0.25) is 0 Å². The Balaban J connectivity index is 3.72. The first kappa shape index (κ1) is 6.97. The topological polar surface area (TPSA) is 76.4 Å². The van der Waals surface area contributed by atoms with Crippen LogP contribution in [0.15, 0.2) is 17.3 Å². The largest absolute Gasteiger partial charge is 0.404 e. The van der Waals surface area contributed by atoms with Gasteiger partial charge >= 0.3 is 0 Å². The van der Waals surface area contributed by atoms with Crippen LogP contribution in [0.4, 0.5) is 0 Å². The van der Waals surface area contributed by atoms with E-state index < -0.39 is 0 Å². The number of rotatable bonds is 1. The zero-order valence-electron chi connectivity index (χ0n) is 4.76. The molecule has 0 rings (SSSR count). The molecule has 0 aliphatic heterocycles. The molecule has 0 aromatic rings. The van der Waals surface area contributed by atoms with Crippen molar-refractivity contribution in [1.82, 2.24) is 5.43 Å². The van der Waals surface area contributed by atoms with Crippen LogP contribution >= 0.6 is 0 Å². The summed E-state index contributed by atoms with van der Waals surface area (Å²) in [6, 6.07) is 0. The normalized spacial score (nSPS) is 12.5. The first-order valence-electron chi connectivity index (χ1n) is 2.16. The first-order valence-corrected chi connectivity index (χ1v) is 2.16. The van der Waals surface area contributed by atoms with Gasteiger partial charge in [-0.25, -0.2) is 5.84 Å². The van der Waals surface area contributed by atoms with E-state index in [1.165, 1.54) is 6.20 Å². The summed E-state index contributed by atoms with van der Waals surface area (Å²) in [6.07, 6.45) is 2.93. The van der Waals surface area contributed by atoms with Crippen LogP contribution in [-0.2, 0) is 0 Å². The highest BCUT2D eigenvalue weighted by atomic mass is 15.2. The fraction of sp³-hybridized carbons (Fsp3) is 0.250. The van der Waals surface area contributed by atoms with Gasteiger partial charge in [-0.3, -0.25) is 4.99 Å². The fourth-order valence-electron chi connectivity index (χ4n) is 0.278. The van der Waals surface area contributed by atoms with Gasteiger partial charge in [-0.1, -0.05) is 0 Å². The molecule has 46 valence electrons. The van der Waals surface area contributed by atoms with Crippen LogP contribution in [0.5, 0.6) is 0 Å². The Morgan fingerprint density at radius 2 is 2.38 bits per heavy atom. The Hall–Kier alpha value is -1.03. The van der Waals surface area contributed by atoms with Crippen LogP contribution in [0.25, 0.3) is 0 Å². The van der Waals surface area contributed by atoms with Crippen LogP contribution in [0.1, 0.15) is 0 Å². The van der Waals surface area contributed by atoms with E-state index in [1.807, 2.05) is 0 Å². The molecular weight excluding hydrogens is 104 g/mol. The highest BCUT2D eigenvalue weighted by Crippen LogP contribution is 1.67. The molecule has 0 unspecified atom stereocenters. The predicted octanol–water partition coefficient (Wildman–Crippen LogP) is -1.05. The minimum Gasteiger partial charge on any atom is -0.404 e. The SMILES string of the molecule is CN=C(/C=C\N)NN. The summed E-state index contributed by atoms with van der Waals surface area (Å²) in [4.78, 5) is 3.71. The van der Waals surface area contributed by atoms with Crippen LogP contribution < -0.4 is 17.0 Å². The molecule has 5 N–H and O–H groups in total. The molecule has 0 saturated carbocycles. The smallest absolute Gasteiger partial charge is 0.136 e. The average molecular weight is 114 g/mol. The number of nitrogens with two attached hydrogens (primary N) is 2. The number of nitrogens with zero attached hydrogens (tertiary/aromatic N) is 1. The number of hydrogen-bond acceptors (Lipinski definition) is 3. The summed E-state index contributed by atoms with van der Waals surface area (Å²) >= 11 is 0. The maximum absolute atomic E-state index is 5.02. The van der Waals surface area contributed by atoms with Gasteiger partial charge in [0.05, 0.1) is 0 Å². The standard InChI is InChI=1S/C4H10N4/c1-7-4(8-6)2-3-5/h2-3H,5-6H2,1H3,(H,7,8)/b3-2-. The van der Waals surface area contributed by atoms with Crippen LogP contribution in [0.3, 0.4) is 0 Å². The van der Waals surface area contributed by atoms with Crippen molar-refractivity contribution < 1.29 is 0 Å². The number of amidine groups is 1. The van der Waals surface area contributed by atoms with Crippen molar-refractivity contribution in [1.29, 1.82) is 0 Å². The molecule has 0 aliphatic carbocycles. The van der Waals surface area contributed by atoms with E-state index in [0.717, 1.165) is 0 Å². The summed E-state index contributed by atoms with van der Waals surface area (Å²) in [5, 5.41) is 0. The zero-order valence-corrected chi connectivity index (χ0v) is 4.76. The monoisotopic (exact) mass is 114 g/mol. The average Bonchev–Trinajstić information content (AvgIpc) is 1.83. The summed E-state index contributed by atoms with van der Waals surface area (Å²) in [6.45, 7) is 0. The van der Waals surface area contributed by atoms with Crippen molar-refractivity contribution in [2.45, 2.75) is 0 Å². The highest BCUT2D eigenvalue weighted by molar-refractivity contribution is 5.92. The van der Waals surface area contributed by atoms with E-state index in [2.05, 4.69) is 10.4 Å². The Morgan fingerprint density at radius 3 is 2.50 bits per heavy atom. The molecule has 0 bridgehead atoms. The molecule has 0 heterocycles. The lowest BCUT2D eigenvalue weighted by Gasteiger charge is -1.93. The summed E-state index contributed by atoms with van der Waals surface area (Å²) in [5.41, 5.74) is 7.36. The van der Waals surface area contributed by atoms with E-state index in [1.54, 1.807) is 13.1 Å². The summed E-state index contributed by atoms with van der Waals surface area (Å²) in [7, 11) is 1.62. The molecule has 0 saturated heterocycles. The van der Waals surface area contributed by atoms with Gasteiger partial charge < -0.3 is 11.2 Å². The molecule has 0 aromatic heterocycles. The third-order valence-corrected chi connectivity index (χ3v) is 0.643. The molecule has 0 atom stereocenters. The highest BCUT2D eigenvalue weighted by Gasteiger charge is 1.80. The van der Waals surface area contributed by atoms with E-state index in [4.69, 9.17) is 11.6 Å². The summed E-state index contributed by atoms with van der Waals surface area (Å²) < 4.78 is 0. The van der Waals surface area contributed by atoms with Crippen LogP contribution in [-0.4, -0.2) is 12.9 Å². The van der Waals surface area contributed by atoms with Gasteiger partial charge in [0.25, 0.3) is 0 Å². The number of hydrogen-bond donors (Lipinski definition) is 3. The van der Waals surface area contributed by atoms with Gasteiger partial charge in [-0.2, -0.15) is 0 Å². The van der Waals surface area contributed by atoms with Gasteiger partial charge in [0.15, 0.2) is 0 Å². The second kappa shape index (κ2) is 4.14. The maximum Gasteiger partial charge on any atom is 0.136 e. The van der Waals surface area contributed by atoms with Crippen molar-refractivity contribution in [2.24, 2.45) is 16.6 Å². The maximum atomic E-state index is 5.02. The van der Waals surface area contributed by atoms with Crippen LogP contribution in [0, 0.1) is 0 Å². The van der Waals surface area contributed by atoms with E-state index in [-0.39, 0.29) is 0 Å². The molecule has 0 aliphatic rings. The first-order chi connectivity index (χ1) is 3.85.